The molecule has 0 unspecified atom stereocenters. The van der Waals surface area contributed by atoms with Crippen molar-refractivity contribution in [3.05, 3.63) is 106 Å². The number of aliphatic hydroxyl groups is 3. The average molecular weight is 663 g/mol. The Bertz CT molecular complexity index is 1590. The second-order valence-corrected chi connectivity index (χ2v) is 12.3. The molecule has 0 aromatic heterocycles. The lowest BCUT2D eigenvalue weighted by atomic mass is 9.83. The average Bonchev–Trinajstić information content (AvgIpc) is 3.22. The molecule has 0 spiro atoms. The Labute approximate surface area is 264 Å². The van der Waals surface area contributed by atoms with Crippen LogP contribution in [0.15, 0.2) is 83.4 Å². The van der Waals surface area contributed by atoms with Crippen LogP contribution in [0, 0.1) is 5.92 Å². The highest BCUT2D eigenvalue weighted by Crippen LogP contribution is 2.46. The molecule has 4 N–H and O–H groups in total. The van der Waals surface area contributed by atoms with Crippen LogP contribution >= 0.6 is 15.9 Å². The standard InChI is InChI=1S/C34H36BrN3O6/c1-21(6-5-9-31(41)37-19-25-8-4-3-7-24(25)16-28(37)20-39)34(44)29-17-26(35)12-15-30(29)38(33(34)43)18-23-10-13-27(14-11-23)36-32(42)22(2)40/h3-8,10-15,17,21-22,28,39-40,44H,9,16,18-20H2,1-2H3,(H,36,42)/b6-5+/t21-,22-,28-,34+/m0/s1. The zero-order valence-electron chi connectivity index (χ0n) is 24.6. The monoisotopic (exact) mass is 661 g/mol. The summed E-state index contributed by atoms with van der Waals surface area (Å²) in [4.78, 5) is 42.2. The van der Waals surface area contributed by atoms with Gasteiger partial charge in [-0.25, -0.2) is 0 Å². The number of halogens is 1. The Hall–Kier alpha value is -3.83. The van der Waals surface area contributed by atoms with Gasteiger partial charge in [-0.1, -0.05) is 71.4 Å². The summed E-state index contributed by atoms with van der Waals surface area (Å²) in [6.07, 6.45) is 2.91. The van der Waals surface area contributed by atoms with Crippen LogP contribution in [0.1, 0.15) is 42.5 Å². The Morgan fingerprint density at radius 1 is 1.09 bits per heavy atom. The number of nitrogens with one attached hydrogen (secondary N) is 1. The van der Waals surface area contributed by atoms with Crippen molar-refractivity contribution in [2.24, 2.45) is 5.92 Å². The summed E-state index contributed by atoms with van der Waals surface area (Å²) in [6.45, 7) is 3.62. The summed E-state index contributed by atoms with van der Waals surface area (Å²) in [5.74, 6) is -1.79. The fourth-order valence-electron chi connectivity index (χ4n) is 5.87. The number of hydrogen-bond donors (Lipinski definition) is 4. The minimum atomic E-state index is -1.86. The predicted molar refractivity (Wildman–Crippen MR) is 170 cm³/mol. The molecular weight excluding hydrogens is 626 g/mol. The van der Waals surface area contributed by atoms with Crippen LogP contribution in [0.5, 0.6) is 0 Å². The van der Waals surface area contributed by atoms with Gasteiger partial charge in [-0.3, -0.25) is 14.4 Å². The third kappa shape index (κ3) is 6.21. The van der Waals surface area contributed by atoms with Crippen LogP contribution in [0.25, 0.3) is 0 Å². The van der Waals surface area contributed by atoms with E-state index in [2.05, 4.69) is 21.2 Å². The van der Waals surface area contributed by atoms with Crippen LogP contribution in [-0.2, 0) is 39.5 Å². The predicted octanol–water partition coefficient (Wildman–Crippen LogP) is 4.03. The molecule has 3 amide bonds. The number of amides is 3. The van der Waals surface area contributed by atoms with Gasteiger partial charge in [0.2, 0.25) is 5.91 Å². The second kappa shape index (κ2) is 13.0. The molecule has 4 atom stereocenters. The number of benzene rings is 3. The summed E-state index contributed by atoms with van der Waals surface area (Å²) in [5.41, 5.74) is 2.69. The molecule has 3 aromatic rings. The molecule has 5 rings (SSSR count). The van der Waals surface area contributed by atoms with E-state index in [4.69, 9.17) is 0 Å². The minimum absolute atomic E-state index is 0.0697. The molecule has 0 aliphatic carbocycles. The quantitative estimate of drug-likeness (QED) is 0.256. The molecule has 230 valence electrons. The van der Waals surface area contributed by atoms with Gasteiger partial charge < -0.3 is 30.4 Å². The molecule has 0 saturated heterocycles. The number of hydrogen-bond acceptors (Lipinski definition) is 6. The van der Waals surface area contributed by atoms with Crippen molar-refractivity contribution >= 4 is 45.0 Å². The lowest BCUT2D eigenvalue weighted by Crippen LogP contribution is -2.46. The summed E-state index contributed by atoms with van der Waals surface area (Å²) in [5, 5.41) is 34.0. The van der Waals surface area contributed by atoms with Crippen molar-refractivity contribution in [1.82, 2.24) is 4.90 Å². The van der Waals surface area contributed by atoms with Crippen LogP contribution in [0.3, 0.4) is 0 Å². The number of carbonyl (C=O) groups excluding carboxylic acids is 3. The van der Waals surface area contributed by atoms with Gasteiger partial charge in [0, 0.05) is 34.6 Å². The van der Waals surface area contributed by atoms with Gasteiger partial charge in [0.1, 0.15) is 6.10 Å². The Morgan fingerprint density at radius 2 is 1.80 bits per heavy atom. The second-order valence-electron chi connectivity index (χ2n) is 11.4. The normalized spacial score (nSPS) is 20.8. The zero-order valence-corrected chi connectivity index (χ0v) is 26.2. The third-order valence-corrected chi connectivity index (χ3v) is 8.93. The van der Waals surface area contributed by atoms with Crippen LogP contribution < -0.4 is 10.2 Å². The van der Waals surface area contributed by atoms with E-state index in [9.17, 15) is 29.7 Å². The van der Waals surface area contributed by atoms with E-state index < -0.39 is 29.4 Å². The van der Waals surface area contributed by atoms with Crippen molar-refractivity contribution in [3.8, 4) is 0 Å². The molecule has 0 bridgehead atoms. The molecule has 44 heavy (non-hydrogen) atoms. The van der Waals surface area contributed by atoms with E-state index >= 15 is 0 Å². The molecule has 3 aromatic carbocycles. The molecule has 0 radical (unpaired) electrons. The van der Waals surface area contributed by atoms with E-state index in [1.807, 2.05) is 30.3 Å². The van der Waals surface area contributed by atoms with Gasteiger partial charge >= 0.3 is 0 Å². The first kappa shape index (κ1) is 31.6. The van der Waals surface area contributed by atoms with Gasteiger partial charge in [-0.05, 0) is 60.4 Å². The van der Waals surface area contributed by atoms with E-state index in [0.29, 0.717) is 34.4 Å². The van der Waals surface area contributed by atoms with Gasteiger partial charge in [0.25, 0.3) is 11.8 Å². The number of anilines is 2. The molecule has 9 nitrogen and oxygen atoms in total. The van der Waals surface area contributed by atoms with E-state index in [-0.39, 0.29) is 31.5 Å². The SMILES string of the molecule is C[C@H](O)C(=O)Nc1ccc(CN2C(=O)[C@@](O)([C@@H](C)/C=C/CC(=O)N3Cc4ccccc4C[C@H]3CO)c3cc(Br)ccc32)cc1. The summed E-state index contributed by atoms with van der Waals surface area (Å²) >= 11 is 3.47. The maximum atomic E-state index is 13.9. The van der Waals surface area contributed by atoms with Crippen molar-refractivity contribution in [3.63, 3.8) is 0 Å². The van der Waals surface area contributed by atoms with Gasteiger partial charge in [0.05, 0.1) is 24.9 Å². The Balaban J connectivity index is 1.31. The zero-order chi connectivity index (χ0) is 31.6. The number of nitrogens with zero attached hydrogens (tertiary/aromatic N) is 2. The van der Waals surface area contributed by atoms with Crippen LogP contribution in [0.4, 0.5) is 11.4 Å². The third-order valence-electron chi connectivity index (χ3n) is 8.44. The number of rotatable bonds is 9. The fourth-order valence-corrected chi connectivity index (χ4v) is 6.23. The van der Waals surface area contributed by atoms with Gasteiger partial charge in [-0.2, -0.15) is 0 Å². The largest absolute Gasteiger partial charge is 0.394 e. The van der Waals surface area contributed by atoms with Crippen molar-refractivity contribution in [2.75, 3.05) is 16.8 Å². The first-order valence-electron chi connectivity index (χ1n) is 14.6. The number of aliphatic hydroxyl groups excluding tert-OH is 2. The van der Waals surface area contributed by atoms with E-state index in [1.165, 1.54) is 11.8 Å². The highest BCUT2D eigenvalue weighted by atomic mass is 79.9. The highest BCUT2D eigenvalue weighted by Gasteiger charge is 2.52. The first-order valence-corrected chi connectivity index (χ1v) is 15.4. The molecule has 2 aliphatic heterocycles. The Kier molecular flexibility index (Phi) is 9.36. The van der Waals surface area contributed by atoms with Crippen molar-refractivity contribution in [2.45, 2.75) is 57.5 Å². The first-order chi connectivity index (χ1) is 21.0. The maximum Gasteiger partial charge on any atom is 0.264 e. The fraction of sp³-hybridized carbons (Fsp3) is 0.324. The van der Waals surface area contributed by atoms with Crippen LogP contribution in [-0.4, -0.2) is 56.7 Å². The molecular formula is C34H36BrN3O6. The number of carbonyl (C=O) groups is 3. The summed E-state index contributed by atoms with van der Waals surface area (Å²) in [7, 11) is 0. The molecule has 2 heterocycles. The molecule has 0 fully saturated rings. The van der Waals surface area contributed by atoms with Gasteiger partial charge in [0.15, 0.2) is 5.60 Å². The smallest absolute Gasteiger partial charge is 0.264 e. The van der Waals surface area contributed by atoms with Crippen molar-refractivity contribution < 1.29 is 29.7 Å². The topological polar surface area (TPSA) is 130 Å². The molecule has 10 heteroatoms. The highest BCUT2D eigenvalue weighted by molar-refractivity contribution is 9.10. The number of fused-ring (bicyclic) bond motifs is 2. The lowest BCUT2D eigenvalue weighted by Gasteiger charge is -2.36. The molecule has 2 aliphatic rings. The Morgan fingerprint density at radius 3 is 2.48 bits per heavy atom. The van der Waals surface area contributed by atoms with Crippen LogP contribution in [0.2, 0.25) is 0 Å². The minimum Gasteiger partial charge on any atom is -0.394 e. The summed E-state index contributed by atoms with van der Waals surface area (Å²) < 4.78 is 0.717. The lowest BCUT2D eigenvalue weighted by molar-refractivity contribution is -0.139. The summed E-state index contributed by atoms with van der Waals surface area (Å²) in [6, 6.07) is 19.9. The van der Waals surface area contributed by atoms with E-state index in [0.717, 1.165) is 16.7 Å². The maximum absolute atomic E-state index is 13.9. The molecule has 0 saturated carbocycles. The van der Waals surface area contributed by atoms with Gasteiger partial charge in [-0.15, -0.1) is 0 Å². The van der Waals surface area contributed by atoms with E-state index in [1.54, 1.807) is 60.4 Å². The van der Waals surface area contributed by atoms with Crippen molar-refractivity contribution in [1.29, 1.82) is 0 Å².